The van der Waals surface area contributed by atoms with E-state index in [1.54, 1.807) is 0 Å². The van der Waals surface area contributed by atoms with Crippen LogP contribution in [0.3, 0.4) is 0 Å². The molecular formula is C67H114O12. The fraction of sp³-hybridized carbons (Fsp3) is 0.761. The zero-order chi connectivity index (χ0) is 57.5. The topological polar surface area (TPSA) is 175 Å². The molecule has 0 bridgehead atoms. The number of hydrogen-bond acceptors (Lipinski definition) is 11. The van der Waals surface area contributed by atoms with E-state index < -0.39 is 67.3 Å². The van der Waals surface area contributed by atoms with Gasteiger partial charge < -0.3 is 39.0 Å². The number of carbonyl (C=O) groups excluding carboxylic acids is 3. The number of carbonyl (C=O) groups is 4. The summed E-state index contributed by atoms with van der Waals surface area (Å²) >= 11 is 0. The zero-order valence-electron chi connectivity index (χ0n) is 50.1. The van der Waals surface area contributed by atoms with Gasteiger partial charge in [0.25, 0.3) is 0 Å². The Morgan fingerprint density at radius 3 is 1.25 bits per heavy atom. The number of allylic oxidation sites excluding steroid dienone is 12. The second-order valence-corrected chi connectivity index (χ2v) is 21.7. The Kier molecular flexibility index (Phi) is 50.7. The SMILES string of the molecule is CC/C=C\C/C=C\C/C=C\C/C=C\CCCCC(=O)OC(COC(=O)CCCCCCCCCCC/C=C\CCCCCCCC)COC1OC(C(=O)O)C(O)C(O)C1OC(=O)CCCCCCC/C=C\CCCCCCCC. The number of hydrogen-bond donors (Lipinski definition) is 3. The molecule has 12 nitrogen and oxygen atoms in total. The van der Waals surface area contributed by atoms with Gasteiger partial charge in [0.1, 0.15) is 18.8 Å². The molecule has 6 unspecified atom stereocenters. The molecule has 0 saturated carbocycles. The molecule has 1 saturated heterocycles. The molecule has 1 aliphatic rings. The predicted molar refractivity (Wildman–Crippen MR) is 322 cm³/mol. The minimum absolute atomic E-state index is 0.0444. The van der Waals surface area contributed by atoms with Gasteiger partial charge in [0.15, 0.2) is 24.6 Å². The first-order valence-corrected chi connectivity index (χ1v) is 31.9. The van der Waals surface area contributed by atoms with Crippen LogP contribution in [0.2, 0.25) is 0 Å². The fourth-order valence-electron chi connectivity index (χ4n) is 9.35. The van der Waals surface area contributed by atoms with Gasteiger partial charge in [-0.15, -0.1) is 0 Å². The Hall–Kier alpha value is -3.84. The van der Waals surface area contributed by atoms with Crippen LogP contribution in [-0.4, -0.2) is 89.2 Å². The normalized spacial score (nSPS) is 18.3. The number of aliphatic carboxylic acids is 1. The number of rotatable bonds is 54. The molecule has 0 spiro atoms. The Morgan fingerprint density at radius 2 is 0.797 bits per heavy atom. The van der Waals surface area contributed by atoms with Gasteiger partial charge in [0.05, 0.1) is 6.61 Å². The first-order chi connectivity index (χ1) is 38.6. The van der Waals surface area contributed by atoms with Gasteiger partial charge in [-0.3, -0.25) is 14.4 Å². The number of unbranched alkanes of at least 4 members (excludes halogenated alkanes) is 28. The van der Waals surface area contributed by atoms with Crippen molar-refractivity contribution in [2.45, 2.75) is 314 Å². The van der Waals surface area contributed by atoms with Crippen LogP contribution in [0.1, 0.15) is 278 Å². The van der Waals surface area contributed by atoms with E-state index in [0.29, 0.717) is 19.3 Å². The summed E-state index contributed by atoms with van der Waals surface area (Å²) in [5.41, 5.74) is 0. The molecule has 0 radical (unpaired) electrons. The number of carboxylic acid groups (broad SMARTS) is 1. The van der Waals surface area contributed by atoms with Crippen LogP contribution in [0.25, 0.3) is 0 Å². The van der Waals surface area contributed by atoms with E-state index in [1.807, 2.05) is 0 Å². The quantitative estimate of drug-likeness (QED) is 0.0228. The maximum absolute atomic E-state index is 13.2. The molecule has 1 heterocycles. The maximum Gasteiger partial charge on any atom is 0.335 e. The van der Waals surface area contributed by atoms with Gasteiger partial charge in [-0.1, -0.05) is 222 Å². The first-order valence-electron chi connectivity index (χ1n) is 31.9. The highest BCUT2D eigenvalue weighted by Gasteiger charge is 2.50. The second kappa shape index (κ2) is 54.7. The fourth-order valence-corrected chi connectivity index (χ4v) is 9.35. The van der Waals surface area contributed by atoms with Crippen molar-refractivity contribution in [2.24, 2.45) is 0 Å². The summed E-state index contributed by atoms with van der Waals surface area (Å²) in [7, 11) is 0. The van der Waals surface area contributed by atoms with E-state index in [-0.39, 0.29) is 25.9 Å². The molecule has 3 N–H and O–H groups in total. The number of carboxylic acids is 1. The van der Waals surface area contributed by atoms with Crippen LogP contribution in [0.5, 0.6) is 0 Å². The zero-order valence-corrected chi connectivity index (χ0v) is 50.1. The highest BCUT2D eigenvalue weighted by atomic mass is 16.7. The van der Waals surface area contributed by atoms with Crippen molar-refractivity contribution in [3.63, 3.8) is 0 Å². The van der Waals surface area contributed by atoms with Crippen molar-refractivity contribution >= 4 is 23.9 Å². The van der Waals surface area contributed by atoms with Crippen LogP contribution < -0.4 is 0 Å². The smallest absolute Gasteiger partial charge is 0.335 e. The van der Waals surface area contributed by atoms with E-state index in [0.717, 1.165) is 96.3 Å². The van der Waals surface area contributed by atoms with Crippen LogP contribution in [0.15, 0.2) is 72.9 Å². The van der Waals surface area contributed by atoms with E-state index in [1.165, 1.54) is 122 Å². The van der Waals surface area contributed by atoms with Crippen molar-refractivity contribution in [1.82, 2.24) is 0 Å². The second-order valence-electron chi connectivity index (χ2n) is 21.7. The van der Waals surface area contributed by atoms with Crippen LogP contribution in [-0.2, 0) is 42.9 Å². The largest absolute Gasteiger partial charge is 0.479 e. The number of aliphatic hydroxyl groups excluding tert-OH is 2. The van der Waals surface area contributed by atoms with Crippen molar-refractivity contribution in [3.8, 4) is 0 Å². The van der Waals surface area contributed by atoms with Crippen molar-refractivity contribution < 1.29 is 58.2 Å². The molecular weight excluding hydrogens is 997 g/mol. The first kappa shape index (κ1) is 73.2. The van der Waals surface area contributed by atoms with Gasteiger partial charge in [0.2, 0.25) is 0 Å². The van der Waals surface area contributed by atoms with Crippen LogP contribution in [0.4, 0.5) is 0 Å². The number of aliphatic hydroxyl groups is 2. The summed E-state index contributed by atoms with van der Waals surface area (Å²) in [6.45, 7) is 5.85. The molecule has 0 amide bonds. The Bertz CT molecular complexity index is 1650. The van der Waals surface area contributed by atoms with Crippen molar-refractivity contribution in [2.75, 3.05) is 13.2 Å². The Balaban J connectivity index is 2.68. The molecule has 0 aliphatic carbocycles. The Labute approximate surface area is 480 Å². The highest BCUT2D eigenvalue weighted by molar-refractivity contribution is 5.74. The van der Waals surface area contributed by atoms with E-state index >= 15 is 0 Å². The third-order valence-electron chi connectivity index (χ3n) is 14.2. The molecule has 0 aromatic rings. The molecule has 1 aliphatic heterocycles. The summed E-state index contributed by atoms with van der Waals surface area (Å²) in [6, 6.07) is 0. The molecule has 0 aromatic heterocycles. The van der Waals surface area contributed by atoms with Gasteiger partial charge >= 0.3 is 23.9 Å². The number of ether oxygens (including phenoxy) is 5. The van der Waals surface area contributed by atoms with E-state index in [9.17, 15) is 34.5 Å². The lowest BCUT2D eigenvalue weighted by molar-refractivity contribution is -0.301. The van der Waals surface area contributed by atoms with Crippen LogP contribution >= 0.6 is 0 Å². The summed E-state index contributed by atoms with van der Waals surface area (Å²) < 4.78 is 28.5. The third-order valence-corrected chi connectivity index (χ3v) is 14.2. The minimum Gasteiger partial charge on any atom is -0.479 e. The monoisotopic (exact) mass is 1110 g/mol. The number of esters is 3. The Morgan fingerprint density at radius 1 is 0.430 bits per heavy atom. The minimum atomic E-state index is -1.91. The van der Waals surface area contributed by atoms with Crippen LogP contribution in [0, 0.1) is 0 Å². The van der Waals surface area contributed by atoms with Crippen molar-refractivity contribution in [1.29, 1.82) is 0 Å². The molecule has 0 aromatic carbocycles. The van der Waals surface area contributed by atoms with E-state index in [2.05, 4.69) is 93.7 Å². The molecule has 12 heteroatoms. The lowest BCUT2D eigenvalue weighted by Crippen LogP contribution is -2.61. The van der Waals surface area contributed by atoms with Gasteiger partial charge in [-0.25, -0.2) is 4.79 Å². The summed E-state index contributed by atoms with van der Waals surface area (Å²) in [6.07, 6.45) is 57.3. The predicted octanol–water partition coefficient (Wildman–Crippen LogP) is 16.9. The molecule has 454 valence electrons. The summed E-state index contributed by atoms with van der Waals surface area (Å²) in [5, 5.41) is 31.5. The van der Waals surface area contributed by atoms with Gasteiger partial charge in [-0.05, 0) is 109 Å². The average Bonchev–Trinajstić information content (AvgIpc) is 3.46. The molecule has 1 fully saturated rings. The van der Waals surface area contributed by atoms with Crippen molar-refractivity contribution in [3.05, 3.63) is 72.9 Å². The molecule has 1 rings (SSSR count). The molecule has 79 heavy (non-hydrogen) atoms. The van der Waals surface area contributed by atoms with Gasteiger partial charge in [-0.2, -0.15) is 0 Å². The third kappa shape index (κ3) is 44.5. The summed E-state index contributed by atoms with van der Waals surface area (Å²) in [5.74, 6) is -3.18. The average molecular weight is 1110 g/mol. The lowest BCUT2D eigenvalue weighted by Gasteiger charge is -2.40. The molecule has 6 atom stereocenters. The maximum atomic E-state index is 13.2. The standard InChI is InChI=1S/C67H114O12/c1-4-7-10-13-16-19-22-25-28-29-30-31-34-35-38-41-44-47-50-53-59(68)75-56-58(77-60(69)54-51-48-45-42-39-36-32-26-23-20-17-14-11-8-5-2)57-76-67-65(63(72)62(71)64(79-67)66(73)74)78-61(70)55-52-49-46-43-40-37-33-27-24-21-18-15-12-9-6-3/h8,11,17,20,25-28,32-33,39,42,58,62-65,67,71-72H,4-7,9-10,12-16,18-19,21-24,29-31,34-38,40-41,43-57H2,1-3H3,(H,73,74)/b11-8-,20-17-,28-25-,32-26-,33-27-,42-39-. The lowest BCUT2D eigenvalue weighted by atomic mass is 9.98. The summed E-state index contributed by atoms with van der Waals surface area (Å²) in [4.78, 5) is 51.2. The van der Waals surface area contributed by atoms with E-state index in [4.69, 9.17) is 23.7 Å². The van der Waals surface area contributed by atoms with Gasteiger partial charge in [0, 0.05) is 19.3 Å². The highest BCUT2D eigenvalue weighted by Crippen LogP contribution is 2.26.